The zero-order valence-corrected chi connectivity index (χ0v) is 14.2. The van der Waals surface area contributed by atoms with E-state index in [0.29, 0.717) is 29.4 Å². The highest BCUT2D eigenvalue weighted by Crippen LogP contribution is 2.32. The Morgan fingerprint density at radius 3 is 2.88 bits per heavy atom. The van der Waals surface area contributed by atoms with Gasteiger partial charge in [0, 0.05) is 16.5 Å². The monoisotopic (exact) mass is 343 g/mol. The fourth-order valence-corrected chi connectivity index (χ4v) is 2.95. The number of hydroxylamine groups is 1. The lowest BCUT2D eigenvalue weighted by Gasteiger charge is -2.20. The molecule has 2 aromatic carbocycles. The number of methoxy groups -OCH3 is 1. The van der Waals surface area contributed by atoms with Crippen molar-refractivity contribution in [3.63, 3.8) is 0 Å². The maximum absolute atomic E-state index is 12.3. The van der Waals surface area contributed by atoms with E-state index in [1.54, 1.807) is 19.2 Å². The van der Waals surface area contributed by atoms with E-state index < -0.39 is 5.97 Å². The molecule has 124 valence electrons. The molecule has 1 aliphatic heterocycles. The first-order valence-electron chi connectivity index (χ1n) is 7.34. The molecule has 3 rings (SSSR count). The highest BCUT2D eigenvalue weighted by Gasteiger charge is 2.18. The maximum atomic E-state index is 12.3. The van der Waals surface area contributed by atoms with Crippen LogP contribution in [0.2, 0.25) is 0 Å². The van der Waals surface area contributed by atoms with Crippen molar-refractivity contribution in [2.45, 2.75) is 4.90 Å². The average Bonchev–Trinajstić information content (AvgIpc) is 2.65. The van der Waals surface area contributed by atoms with Crippen molar-refractivity contribution in [1.29, 1.82) is 0 Å². The molecule has 0 unspecified atom stereocenters. The molecule has 6 heteroatoms. The predicted octanol–water partition coefficient (Wildman–Crippen LogP) is 3.51. The molecule has 1 N–H and O–H groups in total. The zero-order valence-electron chi connectivity index (χ0n) is 13.4. The molecule has 0 aliphatic carbocycles. The predicted molar refractivity (Wildman–Crippen MR) is 93.2 cm³/mol. The van der Waals surface area contributed by atoms with Gasteiger partial charge in [-0.05, 0) is 36.6 Å². The van der Waals surface area contributed by atoms with Gasteiger partial charge in [-0.2, -0.15) is 0 Å². The number of thioether (sulfide) groups is 1. The zero-order chi connectivity index (χ0) is 16.9. The third kappa shape index (κ3) is 3.33. The molecule has 2 aromatic rings. The second kappa shape index (κ2) is 7.31. The van der Waals surface area contributed by atoms with E-state index in [-0.39, 0.29) is 0 Å². The molecular formula is C18H17NO4S. The van der Waals surface area contributed by atoms with Gasteiger partial charge in [-0.15, -0.1) is 11.8 Å². The Labute approximate surface area is 144 Å². The third-order valence-electron chi connectivity index (χ3n) is 3.59. The molecule has 0 radical (unpaired) electrons. The molecule has 5 nitrogen and oxygen atoms in total. The van der Waals surface area contributed by atoms with Crippen LogP contribution in [0.5, 0.6) is 11.5 Å². The van der Waals surface area contributed by atoms with Crippen LogP contribution in [0, 0.1) is 0 Å². The SMILES string of the molecule is COc1ccc2c(c1)OCC=C2NOC(=O)c1ccccc1SC. The number of hydrogen-bond donors (Lipinski definition) is 1. The summed E-state index contributed by atoms with van der Waals surface area (Å²) in [6.45, 7) is 0.390. The first-order valence-corrected chi connectivity index (χ1v) is 8.57. The molecule has 0 spiro atoms. The maximum Gasteiger partial charge on any atom is 0.363 e. The van der Waals surface area contributed by atoms with Crippen LogP contribution >= 0.6 is 11.8 Å². The van der Waals surface area contributed by atoms with Gasteiger partial charge < -0.3 is 14.3 Å². The summed E-state index contributed by atoms with van der Waals surface area (Å²) < 4.78 is 10.8. The second-order valence-corrected chi connectivity index (χ2v) is 5.83. The summed E-state index contributed by atoms with van der Waals surface area (Å²) in [4.78, 5) is 18.4. The van der Waals surface area contributed by atoms with Crippen LogP contribution < -0.4 is 15.0 Å². The largest absolute Gasteiger partial charge is 0.497 e. The molecule has 0 fully saturated rings. The van der Waals surface area contributed by atoms with Crippen molar-refractivity contribution in [3.8, 4) is 11.5 Å². The Bertz CT molecular complexity index is 788. The van der Waals surface area contributed by atoms with Crippen molar-refractivity contribution in [2.24, 2.45) is 0 Å². The van der Waals surface area contributed by atoms with Gasteiger partial charge in [-0.3, -0.25) is 0 Å². The fraction of sp³-hybridized carbons (Fsp3) is 0.167. The minimum absolute atomic E-state index is 0.390. The molecule has 0 aromatic heterocycles. The number of carbonyl (C=O) groups is 1. The molecule has 1 aliphatic rings. The van der Waals surface area contributed by atoms with E-state index in [2.05, 4.69) is 5.48 Å². The molecule has 0 atom stereocenters. The van der Waals surface area contributed by atoms with Gasteiger partial charge >= 0.3 is 5.97 Å². The lowest BCUT2D eigenvalue weighted by Crippen LogP contribution is -2.22. The first kappa shape index (κ1) is 16.3. The number of hydrogen-bond acceptors (Lipinski definition) is 6. The van der Waals surface area contributed by atoms with Gasteiger partial charge in [0.25, 0.3) is 0 Å². The van der Waals surface area contributed by atoms with Crippen LogP contribution in [0.3, 0.4) is 0 Å². The summed E-state index contributed by atoms with van der Waals surface area (Å²) in [5.41, 5.74) is 4.78. The summed E-state index contributed by atoms with van der Waals surface area (Å²) in [6, 6.07) is 12.8. The molecule has 0 bridgehead atoms. The quantitative estimate of drug-likeness (QED) is 0.662. The van der Waals surface area contributed by atoms with E-state index in [9.17, 15) is 4.79 Å². The van der Waals surface area contributed by atoms with Gasteiger partial charge in [0.1, 0.15) is 18.1 Å². The average molecular weight is 343 g/mol. The van der Waals surface area contributed by atoms with Crippen LogP contribution in [0.1, 0.15) is 15.9 Å². The number of carbonyl (C=O) groups excluding carboxylic acids is 1. The van der Waals surface area contributed by atoms with Crippen molar-refractivity contribution in [2.75, 3.05) is 20.0 Å². The summed E-state index contributed by atoms with van der Waals surface area (Å²) in [6.07, 6.45) is 3.74. The lowest BCUT2D eigenvalue weighted by atomic mass is 10.1. The van der Waals surface area contributed by atoms with E-state index in [0.717, 1.165) is 10.5 Å². The third-order valence-corrected chi connectivity index (χ3v) is 4.38. The van der Waals surface area contributed by atoms with Crippen LogP contribution in [-0.4, -0.2) is 25.9 Å². The standard InChI is InChI=1S/C18H17NO4S/c1-21-12-7-8-13-15(9-10-22-16(13)11-12)19-23-18(20)14-5-3-4-6-17(14)24-2/h3-9,11,19H,10H2,1-2H3. The van der Waals surface area contributed by atoms with E-state index in [4.69, 9.17) is 14.3 Å². The smallest absolute Gasteiger partial charge is 0.363 e. The number of nitrogens with one attached hydrogen (secondary N) is 1. The number of rotatable bonds is 5. The van der Waals surface area contributed by atoms with Gasteiger partial charge in [0.2, 0.25) is 0 Å². The van der Waals surface area contributed by atoms with Crippen molar-refractivity contribution < 1.29 is 19.1 Å². The van der Waals surface area contributed by atoms with Gasteiger partial charge in [0.05, 0.1) is 18.4 Å². The Morgan fingerprint density at radius 2 is 2.08 bits per heavy atom. The highest BCUT2D eigenvalue weighted by atomic mass is 32.2. The molecular weight excluding hydrogens is 326 g/mol. The Hall–Kier alpha value is -2.60. The van der Waals surface area contributed by atoms with Crippen molar-refractivity contribution >= 4 is 23.4 Å². The summed E-state index contributed by atoms with van der Waals surface area (Å²) in [5.74, 6) is 0.961. The van der Waals surface area contributed by atoms with Crippen LogP contribution in [0.15, 0.2) is 53.4 Å². The van der Waals surface area contributed by atoms with Crippen molar-refractivity contribution in [3.05, 3.63) is 59.7 Å². The van der Waals surface area contributed by atoms with Gasteiger partial charge in [-0.25, -0.2) is 10.3 Å². The van der Waals surface area contributed by atoms with Gasteiger partial charge in [0.15, 0.2) is 0 Å². The van der Waals surface area contributed by atoms with Crippen LogP contribution in [0.4, 0.5) is 0 Å². The number of fused-ring (bicyclic) bond motifs is 1. The minimum Gasteiger partial charge on any atom is -0.497 e. The number of benzene rings is 2. The highest BCUT2D eigenvalue weighted by molar-refractivity contribution is 7.98. The summed E-state index contributed by atoms with van der Waals surface area (Å²) >= 11 is 1.50. The van der Waals surface area contributed by atoms with Crippen LogP contribution in [0.25, 0.3) is 5.70 Å². The van der Waals surface area contributed by atoms with Crippen molar-refractivity contribution in [1.82, 2.24) is 5.48 Å². The first-order chi connectivity index (χ1) is 11.7. The fourth-order valence-electron chi connectivity index (χ4n) is 2.36. The van der Waals surface area contributed by atoms with Crippen LogP contribution in [-0.2, 0) is 4.84 Å². The Kier molecular flexibility index (Phi) is 4.96. The lowest BCUT2D eigenvalue weighted by molar-refractivity contribution is 0.0362. The normalized spacial score (nSPS) is 12.5. The van der Waals surface area contributed by atoms with E-state index in [1.807, 2.05) is 42.7 Å². The molecule has 0 saturated carbocycles. The summed E-state index contributed by atoms with van der Waals surface area (Å²) in [5, 5.41) is 0. The number of ether oxygens (including phenoxy) is 2. The molecule has 24 heavy (non-hydrogen) atoms. The molecule has 0 saturated heterocycles. The second-order valence-electron chi connectivity index (χ2n) is 4.98. The Balaban J connectivity index is 1.74. The minimum atomic E-state index is -0.428. The summed E-state index contributed by atoms with van der Waals surface area (Å²) in [7, 11) is 1.60. The topological polar surface area (TPSA) is 56.8 Å². The van der Waals surface area contributed by atoms with E-state index >= 15 is 0 Å². The van der Waals surface area contributed by atoms with Gasteiger partial charge in [-0.1, -0.05) is 12.1 Å². The molecule has 1 heterocycles. The Morgan fingerprint density at radius 1 is 1.25 bits per heavy atom. The van der Waals surface area contributed by atoms with E-state index in [1.165, 1.54) is 11.8 Å². The molecule has 0 amide bonds.